The average molecular weight is 393 g/mol. The lowest BCUT2D eigenvalue weighted by Crippen LogP contribution is -2.31. The fourth-order valence-electron chi connectivity index (χ4n) is 3.93. The van der Waals surface area contributed by atoms with Crippen LogP contribution in [0.3, 0.4) is 0 Å². The van der Waals surface area contributed by atoms with Crippen LogP contribution >= 0.6 is 0 Å². The van der Waals surface area contributed by atoms with Gasteiger partial charge in [0.15, 0.2) is 11.5 Å². The predicted molar refractivity (Wildman–Crippen MR) is 103 cm³/mol. The van der Waals surface area contributed by atoms with Crippen LogP contribution in [0.15, 0.2) is 48.7 Å². The Bertz CT molecular complexity index is 1230. The highest BCUT2D eigenvalue weighted by atomic mass is 19.1. The van der Waals surface area contributed by atoms with E-state index in [1.807, 2.05) is 24.3 Å². The zero-order valence-corrected chi connectivity index (χ0v) is 15.3. The van der Waals surface area contributed by atoms with Crippen molar-refractivity contribution in [3.8, 4) is 5.69 Å². The normalized spacial score (nSPS) is 16.0. The van der Waals surface area contributed by atoms with Gasteiger partial charge in [-0.3, -0.25) is 9.89 Å². The van der Waals surface area contributed by atoms with E-state index in [2.05, 4.69) is 20.6 Å². The highest BCUT2D eigenvalue weighted by Gasteiger charge is 2.28. The van der Waals surface area contributed by atoms with E-state index in [9.17, 15) is 13.6 Å². The Morgan fingerprint density at radius 3 is 2.93 bits per heavy atom. The number of nitrogens with one attached hydrogen (secondary N) is 2. The fraction of sp³-hybridized carbons (Fsp3) is 0.190. The number of hydrogen-bond donors (Lipinski definition) is 2. The van der Waals surface area contributed by atoms with Gasteiger partial charge in [0.1, 0.15) is 11.5 Å². The summed E-state index contributed by atoms with van der Waals surface area (Å²) in [6.07, 6.45) is 3.90. The van der Waals surface area contributed by atoms with Crippen LogP contribution in [0.5, 0.6) is 0 Å². The van der Waals surface area contributed by atoms with Crippen molar-refractivity contribution < 1.29 is 13.6 Å². The summed E-state index contributed by atoms with van der Waals surface area (Å²) in [5.41, 5.74) is 2.98. The van der Waals surface area contributed by atoms with E-state index >= 15 is 0 Å². The summed E-state index contributed by atoms with van der Waals surface area (Å²) >= 11 is 0. The largest absolute Gasteiger partial charge is 0.344 e. The van der Waals surface area contributed by atoms with E-state index < -0.39 is 11.6 Å². The zero-order valence-electron chi connectivity index (χ0n) is 15.3. The van der Waals surface area contributed by atoms with E-state index in [4.69, 9.17) is 0 Å². The molecule has 1 amide bonds. The van der Waals surface area contributed by atoms with Gasteiger partial charge >= 0.3 is 0 Å². The third-order valence-electron chi connectivity index (χ3n) is 5.31. The number of aromatic nitrogens is 4. The maximum absolute atomic E-state index is 14.2. The van der Waals surface area contributed by atoms with Crippen molar-refractivity contribution in [1.82, 2.24) is 25.3 Å². The van der Waals surface area contributed by atoms with Crippen molar-refractivity contribution in [1.29, 1.82) is 0 Å². The minimum absolute atomic E-state index is 0.193. The molecular weight excluding hydrogens is 376 g/mol. The number of para-hydroxylation sites is 1. The molecule has 2 aromatic heterocycles. The van der Waals surface area contributed by atoms with Crippen LogP contribution in [0.2, 0.25) is 0 Å². The van der Waals surface area contributed by atoms with E-state index in [1.165, 1.54) is 16.8 Å². The molecule has 0 saturated carbocycles. The summed E-state index contributed by atoms with van der Waals surface area (Å²) < 4.78 is 29.0. The Balaban J connectivity index is 1.46. The molecule has 146 valence electrons. The smallest absolute Gasteiger partial charge is 0.272 e. The molecule has 1 aliphatic carbocycles. The molecular formula is C21H17F2N5O. The number of carbonyl (C=O) groups is 1. The first-order valence-corrected chi connectivity index (χ1v) is 9.38. The maximum Gasteiger partial charge on any atom is 0.272 e. The summed E-state index contributed by atoms with van der Waals surface area (Å²) in [4.78, 5) is 12.8. The SMILES string of the molecule is O=C(N[C@@H]1CCCc2c1cnn2-c1ccc(F)cc1F)c1n[nH]c2ccccc12. The molecule has 2 N–H and O–H groups in total. The van der Waals surface area contributed by atoms with E-state index in [1.54, 1.807) is 6.20 Å². The molecule has 0 fully saturated rings. The number of nitrogens with zero attached hydrogens (tertiary/aromatic N) is 3. The Kier molecular flexibility index (Phi) is 4.12. The standard InChI is InChI=1S/C21H17F2N5O/c22-12-8-9-19(15(23)10-12)28-18-7-3-6-16(14(18)11-24-28)25-21(29)20-13-4-1-2-5-17(13)26-27-20/h1-2,4-5,8-11,16H,3,6-7H2,(H,25,29)(H,26,27)/t16-/m1/s1. The van der Waals surface area contributed by atoms with Gasteiger partial charge < -0.3 is 5.32 Å². The summed E-state index contributed by atoms with van der Waals surface area (Å²) in [6, 6.07) is 10.6. The summed E-state index contributed by atoms with van der Waals surface area (Å²) in [7, 11) is 0. The van der Waals surface area contributed by atoms with Crippen LogP contribution < -0.4 is 5.32 Å². The van der Waals surface area contributed by atoms with Crippen LogP contribution in [0.1, 0.15) is 40.6 Å². The molecule has 0 bridgehead atoms. The highest BCUT2D eigenvalue weighted by Crippen LogP contribution is 2.32. The topological polar surface area (TPSA) is 75.6 Å². The lowest BCUT2D eigenvalue weighted by molar-refractivity contribution is 0.0929. The lowest BCUT2D eigenvalue weighted by atomic mass is 9.92. The van der Waals surface area contributed by atoms with Gasteiger partial charge in [-0.25, -0.2) is 13.5 Å². The van der Waals surface area contributed by atoms with Gasteiger partial charge in [0.25, 0.3) is 5.91 Å². The van der Waals surface area contributed by atoms with Gasteiger partial charge in [-0.15, -0.1) is 0 Å². The van der Waals surface area contributed by atoms with Crippen LogP contribution in [0.25, 0.3) is 16.6 Å². The minimum atomic E-state index is -0.676. The molecule has 0 radical (unpaired) electrons. The Morgan fingerprint density at radius 1 is 1.21 bits per heavy atom. The number of benzene rings is 2. The second-order valence-electron chi connectivity index (χ2n) is 7.09. The van der Waals surface area contributed by atoms with Gasteiger partial charge in [0.2, 0.25) is 0 Å². The third kappa shape index (κ3) is 2.97. The molecule has 29 heavy (non-hydrogen) atoms. The Morgan fingerprint density at radius 2 is 2.07 bits per heavy atom. The number of carbonyl (C=O) groups excluding carboxylic acids is 1. The second-order valence-corrected chi connectivity index (χ2v) is 7.09. The molecule has 2 aromatic carbocycles. The average Bonchev–Trinajstić information content (AvgIpc) is 3.33. The van der Waals surface area contributed by atoms with Crippen molar-refractivity contribution in [3.63, 3.8) is 0 Å². The highest BCUT2D eigenvalue weighted by molar-refractivity contribution is 6.04. The van der Waals surface area contributed by atoms with E-state index in [0.29, 0.717) is 12.1 Å². The molecule has 8 heteroatoms. The van der Waals surface area contributed by atoms with Crippen molar-refractivity contribution >= 4 is 16.8 Å². The van der Waals surface area contributed by atoms with Gasteiger partial charge in [-0.2, -0.15) is 10.2 Å². The molecule has 1 aliphatic rings. The number of rotatable bonds is 3. The molecule has 0 spiro atoms. The molecule has 0 saturated heterocycles. The van der Waals surface area contributed by atoms with E-state index in [0.717, 1.165) is 41.1 Å². The van der Waals surface area contributed by atoms with Crippen molar-refractivity contribution in [3.05, 3.63) is 77.2 Å². The Hall–Kier alpha value is -3.55. The fourth-order valence-corrected chi connectivity index (χ4v) is 3.93. The quantitative estimate of drug-likeness (QED) is 0.555. The number of amides is 1. The van der Waals surface area contributed by atoms with Gasteiger partial charge in [0.05, 0.1) is 17.8 Å². The summed E-state index contributed by atoms with van der Waals surface area (Å²) in [5, 5.41) is 15.1. The molecule has 2 heterocycles. The minimum Gasteiger partial charge on any atom is -0.344 e. The first kappa shape index (κ1) is 17.5. The zero-order chi connectivity index (χ0) is 20.0. The van der Waals surface area contributed by atoms with Gasteiger partial charge in [-0.1, -0.05) is 18.2 Å². The van der Waals surface area contributed by atoms with E-state index in [-0.39, 0.29) is 17.6 Å². The second kappa shape index (κ2) is 6.80. The molecule has 0 unspecified atom stereocenters. The molecule has 1 atom stereocenters. The monoisotopic (exact) mass is 393 g/mol. The van der Waals surface area contributed by atoms with Gasteiger partial charge in [0, 0.05) is 22.7 Å². The Labute approximate surface area is 164 Å². The van der Waals surface area contributed by atoms with Crippen LogP contribution in [0.4, 0.5) is 8.78 Å². The first-order valence-electron chi connectivity index (χ1n) is 9.38. The predicted octanol–water partition coefficient (Wildman–Crippen LogP) is 3.83. The summed E-state index contributed by atoms with van der Waals surface area (Å²) in [5.74, 6) is -1.59. The lowest BCUT2D eigenvalue weighted by Gasteiger charge is -2.24. The molecule has 4 aromatic rings. The molecule has 6 nitrogen and oxygen atoms in total. The number of hydrogen-bond acceptors (Lipinski definition) is 3. The van der Waals surface area contributed by atoms with Crippen molar-refractivity contribution in [2.24, 2.45) is 0 Å². The number of halogens is 2. The maximum atomic E-state index is 14.2. The number of aromatic amines is 1. The summed E-state index contributed by atoms with van der Waals surface area (Å²) in [6.45, 7) is 0. The molecule has 5 rings (SSSR count). The van der Waals surface area contributed by atoms with Crippen LogP contribution in [-0.2, 0) is 6.42 Å². The number of H-pyrrole nitrogens is 1. The van der Waals surface area contributed by atoms with Crippen LogP contribution in [0, 0.1) is 11.6 Å². The first-order chi connectivity index (χ1) is 14.1. The van der Waals surface area contributed by atoms with Gasteiger partial charge in [-0.05, 0) is 37.5 Å². The molecule has 0 aliphatic heterocycles. The number of fused-ring (bicyclic) bond motifs is 2. The van der Waals surface area contributed by atoms with Crippen LogP contribution in [-0.4, -0.2) is 25.9 Å². The van der Waals surface area contributed by atoms with Crippen molar-refractivity contribution in [2.75, 3.05) is 0 Å². The third-order valence-corrected chi connectivity index (χ3v) is 5.31. The van der Waals surface area contributed by atoms with Crippen molar-refractivity contribution in [2.45, 2.75) is 25.3 Å².